The third-order valence-electron chi connectivity index (χ3n) is 3.63. The van der Waals surface area contributed by atoms with Gasteiger partial charge in [-0.2, -0.15) is 0 Å². The maximum Gasteiger partial charge on any atom is 0.251 e. The summed E-state index contributed by atoms with van der Waals surface area (Å²) in [6.45, 7) is 2.55. The quantitative estimate of drug-likeness (QED) is 0.800. The molecule has 1 amide bonds. The lowest BCUT2D eigenvalue weighted by molar-refractivity contribution is 0.0956. The van der Waals surface area contributed by atoms with Gasteiger partial charge in [-0.25, -0.2) is 0 Å². The minimum atomic E-state index is -0.0410. The van der Waals surface area contributed by atoms with E-state index >= 15 is 0 Å². The number of nitrogens with zero attached hydrogens (tertiary/aromatic N) is 1. The Balaban J connectivity index is 2.23. The van der Waals surface area contributed by atoms with Gasteiger partial charge in [0.25, 0.3) is 5.91 Å². The summed E-state index contributed by atoms with van der Waals surface area (Å²) in [5.74, 6) is -0.0410. The topological polar surface area (TPSA) is 58.4 Å². The van der Waals surface area contributed by atoms with Gasteiger partial charge >= 0.3 is 0 Å². The number of anilines is 2. The highest BCUT2D eigenvalue weighted by Crippen LogP contribution is 2.32. The maximum atomic E-state index is 11.8. The Kier molecular flexibility index (Phi) is 3.75. The van der Waals surface area contributed by atoms with Crippen LogP contribution in [-0.4, -0.2) is 25.5 Å². The molecule has 1 fully saturated rings. The fourth-order valence-electron chi connectivity index (χ4n) is 2.22. The number of benzene rings is 1. The van der Waals surface area contributed by atoms with Gasteiger partial charge in [0.2, 0.25) is 0 Å². The molecule has 4 nitrogen and oxygen atoms in total. The first-order valence-electron chi connectivity index (χ1n) is 6.54. The normalized spacial score (nSPS) is 15.0. The molecule has 0 heterocycles. The number of nitrogens with one attached hydrogen (secondary N) is 1. The monoisotopic (exact) mass is 247 g/mol. The number of nitrogens with two attached hydrogens (primary N) is 1. The molecule has 0 saturated heterocycles. The summed E-state index contributed by atoms with van der Waals surface area (Å²) in [5, 5.41) is 2.81. The van der Waals surface area contributed by atoms with Gasteiger partial charge in [0.15, 0.2) is 0 Å². The predicted molar refractivity (Wildman–Crippen MR) is 74.9 cm³/mol. The lowest BCUT2D eigenvalue weighted by atomic mass is 9.91. The van der Waals surface area contributed by atoms with Gasteiger partial charge in [-0.1, -0.05) is 0 Å². The Bertz CT molecular complexity index is 441. The fourth-order valence-corrected chi connectivity index (χ4v) is 2.22. The van der Waals surface area contributed by atoms with Gasteiger partial charge in [0.05, 0.1) is 11.4 Å². The van der Waals surface area contributed by atoms with Crippen molar-refractivity contribution in [1.82, 2.24) is 5.32 Å². The first-order valence-corrected chi connectivity index (χ1v) is 6.54. The molecule has 1 aliphatic carbocycles. The molecule has 0 spiro atoms. The van der Waals surface area contributed by atoms with E-state index in [9.17, 15) is 4.79 Å². The SMILES string of the molecule is CCNC(=O)c1ccc(N)c(N(C)C2CCC2)c1. The number of carbonyl (C=O) groups is 1. The second-order valence-corrected chi connectivity index (χ2v) is 4.83. The first-order chi connectivity index (χ1) is 8.63. The Morgan fingerprint density at radius 2 is 2.22 bits per heavy atom. The summed E-state index contributed by atoms with van der Waals surface area (Å²) in [4.78, 5) is 14.0. The lowest BCUT2D eigenvalue weighted by Crippen LogP contribution is -2.37. The Labute approximate surface area is 108 Å². The van der Waals surface area contributed by atoms with Gasteiger partial charge < -0.3 is 16.0 Å². The fraction of sp³-hybridized carbons (Fsp3) is 0.500. The van der Waals surface area contributed by atoms with Crippen LogP contribution < -0.4 is 16.0 Å². The van der Waals surface area contributed by atoms with Crippen molar-refractivity contribution in [2.75, 3.05) is 24.2 Å². The largest absolute Gasteiger partial charge is 0.397 e. The second-order valence-electron chi connectivity index (χ2n) is 4.83. The summed E-state index contributed by atoms with van der Waals surface area (Å²) < 4.78 is 0. The van der Waals surface area contributed by atoms with E-state index in [0.717, 1.165) is 11.4 Å². The minimum absolute atomic E-state index is 0.0410. The lowest BCUT2D eigenvalue weighted by Gasteiger charge is -2.37. The standard InChI is InChI=1S/C14H21N3O/c1-3-16-14(18)10-7-8-12(15)13(9-10)17(2)11-5-4-6-11/h7-9,11H,3-6,15H2,1-2H3,(H,16,18). The molecule has 0 aromatic heterocycles. The van der Waals surface area contributed by atoms with Crippen LogP contribution in [0.3, 0.4) is 0 Å². The zero-order chi connectivity index (χ0) is 13.1. The first kappa shape index (κ1) is 12.7. The molecule has 3 N–H and O–H groups in total. The van der Waals surface area contributed by atoms with E-state index in [1.54, 1.807) is 6.07 Å². The third kappa shape index (κ3) is 2.42. The highest BCUT2D eigenvalue weighted by atomic mass is 16.1. The van der Waals surface area contributed by atoms with Gasteiger partial charge in [0.1, 0.15) is 0 Å². The molecule has 2 rings (SSSR count). The molecule has 0 aliphatic heterocycles. The molecule has 0 bridgehead atoms. The number of hydrogen-bond donors (Lipinski definition) is 2. The smallest absolute Gasteiger partial charge is 0.251 e. The maximum absolute atomic E-state index is 11.8. The van der Waals surface area contributed by atoms with Crippen LogP contribution in [0.25, 0.3) is 0 Å². The molecular formula is C14H21N3O. The van der Waals surface area contributed by atoms with Crippen LogP contribution in [-0.2, 0) is 0 Å². The van der Waals surface area contributed by atoms with E-state index in [-0.39, 0.29) is 5.91 Å². The van der Waals surface area contributed by atoms with Crippen LogP contribution in [0.2, 0.25) is 0 Å². The molecular weight excluding hydrogens is 226 g/mol. The Morgan fingerprint density at radius 3 is 2.78 bits per heavy atom. The highest BCUT2D eigenvalue weighted by Gasteiger charge is 2.23. The zero-order valence-electron chi connectivity index (χ0n) is 11.1. The average Bonchev–Trinajstić information content (AvgIpc) is 2.27. The zero-order valence-corrected chi connectivity index (χ0v) is 11.1. The van der Waals surface area contributed by atoms with Crippen LogP contribution >= 0.6 is 0 Å². The van der Waals surface area contributed by atoms with Crippen molar-refractivity contribution < 1.29 is 4.79 Å². The second kappa shape index (κ2) is 5.29. The molecule has 1 aromatic rings. The molecule has 4 heteroatoms. The van der Waals surface area contributed by atoms with E-state index in [1.165, 1.54) is 19.3 Å². The summed E-state index contributed by atoms with van der Waals surface area (Å²) in [6.07, 6.45) is 3.70. The van der Waals surface area contributed by atoms with Crippen LogP contribution in [0.4, 0.5) is 11.4 Å². The summed E-state index contributed by atoms with van der Waals surface area (Å²) in [6, 6.07) is 6.04. The van der Waals surface area contributed by atoms with Gasteiger partial charge in [-0.3, -0.25) is 4.79 Å². The number of nitrogen functional groups attached to an aromatic ring is 1. The Morgan fingerprint density at radius 1 is 1.50 bits per heavy atom. The highest BCUT2D eigenvalue weighted by molar-refractivity contribution is 5.96. The minimum Gasteiger partial charge on any atom is -0.397 e. The number of amides is 1. The number of hydrogen-bond acceptors (Lipinski definition) is 3. The van der Waals surface area contributed by atoms with Crippen molar-refractivity contribution in [2.45, 2.75) is 32.2 Å². The van der Waals surface area contributed by atoms with Crippen molar-refractivity contribution in [1.29, 1.82) is 0 Å². The molecule has 0 radical (unpaired) electrons. The molecule has 0 atom stereocenters. The van der Waals surface area contributed by atoms with E-state index in [4.69, 9.17) is 5.73 Å². The molecule has 1 saturated carbocycles. The van der Waals surface area contributed by atoms with Crippen molar-refractivity contribution in [3.05, 3.63) is 23.8 Å². The summed E-state index contributed by atoms with van der Waals surface area (Å²) in [5.41, 5.74) is 8.38. The molecule has 1 aliphatic rings. The van der Waals surface area contributed by atoms with Crippen molar-refractivity contribution >= 4 is 17.3 Å². The van der Waals surface area contributed by atoms with Crippen molar-refractivity contribution in [3.63, 3.8) is 0 Å². The van der Waals surface area contributed by atoms with E-state index in [1.807, 2.05) is 19.1 Å². The average molecular weight is 247 g/mol. The van der Waals surface area contributed by atoms with Crippen molar-refractivity contribution in [2.24, 2.45) is 0 Å². The van der Waals surface area contributed by atoms with E-state index in [0.29, 0.717) is 18.2 Å². The Hall–Kier alpha value is -1.71. The molecule has 18 heavy (non-hydrogen) atoms. The van der Waals surface area contributed by atoms with E-state index < -0.39 is 0 Å². The van der Waals surface area contributed by atoms with Crippen molar-refractivity contribution in [3.8, 4) is 0 Å². The number of carbonyl (C=O) groups excluding carboxylic acids is 1. The molecule has 1 aromatic carbocycles. The number of rotatable bonds is 4. The summed E-state index contributed by atoms with van der Waals surface area (Å²) in [7, 11) is 2.05. The summed E-state index contributed by atoms with van der Waals surface area (Å²) >= 11 is 0. The third-order valence-corrected chi connectivity index (χ3v) is 3.63. The van der Waals surface area contributed by atoms with Crippen LogP contribution in [0.5, 0.6) is 0 Å². The molecule has 98 valence electrons. The molecule has 0 unspecified atom stereocenters. The van der Waals surface area contributed by atoms with Crippen LogP contribution in [0.1, 0.15) is 36.5 Å². The van der Waals surface area contributed by atoms with Gasteiger partial charge in [-0.15, -0.1) is 0 Å². The van der Waals surface area contributed by atoms with Gasteiger partial charge in [-0.05, 0) is 44.4 Å². The van der Waals surface area contributed by atoms with Crippen LogP contribution in [0.15, 0.2) is 18.2 Å². The predicted octanol–water partition coefficient (Wildman–Crippen LogP) is 2.01. The van der Waals surface area contributed by atoms with Crippen LogP contribution in [0, 0.1) is 0 Å². The van der Waals surface area contributed by atoms with E-state index in [2.05, 4.69) is 17.3 Å². The van der Waals surface area contributed by atoms with Gasteiger partial charge in [0, 0.05) is 25.2 Å².